The van der Waals surface area contributed by atoms with E-state index in [1.54, 1.807) is 0 Å². The van der Waals surface area contributed by atoms with Crippen molar-refractivity contribution >= 4 is 21.5 Å². The summed E-state index contributed by atoms with van der Waals surface area (Å²) in [6.45, 7) is -0.875. The molecule has 5 atom stereocenters. The zero-order chi connectivity index (χ0) is 19.0. The van der Waals surface area contributed by atoms with Gasteiger partial charge in [0.15, 0.2) is 6.23 Å². The maximum absolute atomic E-state index is 11.7. The predicted octanol–water partition coefficient (Wildman–Crippen LogP) is -2.33. The second-order valence-electron chi connectivity index (χ2n) is 4.93. The average molecular weight is 403 g/mol. The molecular formula is C9H15N3O11P2. The molecule has 1 aliphatic rings. The van der Waals surface area contributed by atoms with Crippen LogP contribution >= 0.6 is 15.6 Å². The lowest BCUT2D eigenvalue weighted by molar-refractivity contribution is -0.0541. The molecule has 2 rings (SSSR count). The molecule has 1 aromatic heterocycles. The molecule has 1 fully saturated rings. The van der Waals surface area contributed by atoms with Crippen molar-refractivity contribution in [3.8, 4) is 0 Å². The molecule has 0 radical (unpaired) electrons. The predicted molar refractivity (Wildman–Crippen MR) is 77.7 cm³/mol. The number of aromatic nitrogens is 2. The molecule has 14 nitrogen and oxygen atoms in total. The van der Waals surface area contributed by atoms with Gasteiger partial charge in [-0.2, -0.15) is 9.29 Å². The molecule has 0 amide bonds. The Morgan fingerprint density at radius 2 is 1.92 bits per heavy atom. The highest BCUT2D eigenvalue weighted by Gasteiger charge is 2.45. The first-order valence-electron chi connectivity index (χ1n) is 6.50. The van der Waals surface area contributed by atoms with Crippen LogP contribution in [-0.2, 0) is 22.7 Å². The molecule has 7 N–H and O–H groups in total. The van der Waals surface area contributed by atoms with Gasteiger partial charge in [0.2, 0.25) is 0 Å². The molecule has 0 spiro atoms. The monoisotopic (exact) mass is 403 g/mol. The van der Waals surface area contributed by atoms with Crippen LogP contribution < -0.4 is 11.4 Å². The number of rotatable bonds is 6. The minimum atomic E-state index is -5.30. The van der Waals surface area contributed by atoms with Gasteiger partial charge in [-0.25, -0.2) is 13.9 Å². The van der Waals surface area contributed by atoms with Gasteiger partial charge in [0.05, 0.1) is 6.61 Å². The summed E-state index contributed by atoms with van der Waals surface area (Å²) in [5.74, 6) is -0.0787. The number of nitrogens with zero attached hydrogens (tertiary/aromatic N) is 2. The third kappa shape index (κ3) is 5.15. The topological polar surface area (TPSA) is 224 Å². The molecule has 1 saturated heterocycles. The van der Waals surface area contributed by atoms with Crippen molar-refractivity contribution in [1.82, 2.24) is 9.55 Å². The Hall–Kier alpha value is -1.18. The van der Waals surface area contributed by atoms with E-state index in [0.717, 1.165) is 10.8 Å². The van der Waals surface area contributed by atoms with Crippen LogP contribution in [0.25, 0.3) is 0 Å². The van der Waals surface area contributed by atoms with Gasteiger partial charge in [0.1, 0.15) is 24.1 Å². The van der Waals surface area contributed by atoms with Crippen molar-refractivity contribution in [3.63, 3.8) is 0 Å². The second kappa shape index (κ2) is 7.21. The van der Waals surface area contributed by atoms with Gasteiger partial charge in [-0.1, -0.05) is 0 Å². The van der Waals surface area contributed by atoms with E-state index < -0.39 is 52.5 Å². The highest BCUT2D eigenvalue weighted by atomic mass is 31.3. The van der Waals surface area contributed by atoms with Crippen molar-refractivity contribution in [2.24, 2.45) is 0 Å². The van der Waals surface area contributed by atoms with Gasteiger partial charge in [-0.3, -0.25) is 9.09 Å². The number of ether oxygens (including phenoxy) is 1. The van der Waals surface area contributed by atoms with E-state index in [4.69, 9.17) is 25.2 Å². The summed E-state index contributed by atoms with van der Waals surface area (Å²) >= 11 is 0. The van der Waals surface area contributed by atoms with Crippen LogP contribution in [-0.4, -0.2) is 59.4 Å². The third-order valence-corrected chi connectivity index (χ3v) is 5.23. The fraction of sp³-hybridized carbons (Fsp3) is 0.556. The standard InChI is InChI=1S/C9H15N3O11P2/c10-5-1-2-12(9(15)11-5)8-7(14)6(13)4(22-8)3-21-25(19,20)23-24(16,17)18/h1-2,4,6-8,13-14H,3H2,(H,19,20)(H2,10,11,15)(H2,16,17,18)/t4-,6+,7+,8+/m0/s1. The molecule has 0 bridgehead atoms. The fourth-order valence-electron chi connectivity index (χ4n) is 2.04. The van der Waals surface area contributed by atoms with Gasteiger partial charge in [0.25, 0.3) is 0 Å². The SMILES string of the molecule is Nc1ccn([C@@H]2O[C@@H](COP(=O)(O)OP(=O)(O)O)[C@@H](O)[C@H]2O)c(=O)n1. The van der Waals surface area contributed by atoms with Crippen LogP contribution in [0.15, 0.2) is 17.1 Å². The quantitative estimate of drug-likeness (QED) is 0.274. The van der Waals surface area contributed by atoms with Crippen molar-refractivity contribution in [3.05, 3.63) is 22.7 Å². The van der Waals surface area contributed by atoms with E-state index in [9.17, 15) is 24.1 Å². The lowest BCUT2D eigenvalue weighted by Crippen LogP contribution is -2.36. The number of aliphatic hydroxyl groups is 2. The van der Waals surface area contributed by atoms with E-state index in [0.29, 0.717) is 0 Å². The largest absolute Gasteiger partial charge is 0.481 e. The van der Waals surface area contributed by atoms with E-state index in [1.165, 1.54) is 6.07 Å². The summed E-state index contributed by atoms with van der Waals surface area (Å²) in [4.78, 5) is 41.3. The van der Waals surface area contributed by atoms with E-state index in [1.807, 2.05) is 0 Å². The lowest BCUT2D eigenvalue weighted by atomic mass is 10.1. The van der Waals surface area contributed by atoms with Crippen LogP contribution in [0.3, 0.4) is 0 Å². The molecule has 0 aliphatic carbocycles. The van der Waals surface area contributed by atoms with Gasteiger partial charge in [0, 0.05) is 6.20 Å². The van der Waals surface area contributed by atoms with E-state index in [2.05, 4.69) is 13.8 Å². The van der Waals surface area contributed by atoms with Crippen LogP contribution in [0.4, 0.5) is 5.82 Å². The maximum atomic E-state index is 11.7. The summed E-state index contributed by atoms with van der Waals surface area (Å²) in [7, 11) is -10.5. The minimum absolute atomic E-state index is 0.0787. The first kappa shape index (κ1) is 20.1. The highest BCUT2D eigenvalue weighted by Crippen LogP contribution is 2.57. The number of nitrogen functional groups attached to an aromatic ring is 1. The zero-order valence-corrected chi connectivity index (χ0v) is 14.0. The molecule has 0 aromatic carbocycles. The summed E-state index contributed by atoms with van der Waals surface area (Å²) in [5.41, 5.74) is 4.45. The molecular weight excluding hydrogens is 388 g/mol. The van der Waals surface area contributed by atoms with Gasteiger partial charge < -0.3 is 35.4 Å². The van der Waals surface area contributed by atoms with Crippen LogP contribution in [0, 0.1) is 0 Å². The normalized spacial score (nSPS) is 29.5. The van der Waals surface area contributed by atoms with Crippen molar-refractivity contribution in [2.75, 3.05) is 12.3 Å². The van der Waals surface area contributed by atoms with Gasteiger partial charge in [-0.15, -0.1) is 0 Å². The molecule has 2 heterocycles. The summed E-state index contributed by atoms with van der Waals surface area (Å²) in [6, 6.07) is 1.24. The van der Waals surface area contributed by atoms with Crippen LogP contribution in [0.1, 0.15) is 6.23 Å². The lowest BCUT2D eigenvalue weighted by Gasteiger charge is -2.17. The number of hydrogen-bond donors (Lipinski definition) is 6. The van der Waals surface area contributed by atoms with E-state index in [-0.39, 0.29) is 5.82 Å². The van der Waals surface area contributed by atoms with E-state index >= 15 is 0 Å². The van der Waals surface area contributed by atoms with Crippen molar-refractivity contribution < 1.29 is 47.6 Å². The second-order valence-corrected chi connectivity index (χ2v) is 7.75. The number of phosphoric acid groups is 2. The zero-order valence-electron chi connectivity index (χ0n) is 12.2. The Kier molecular flexibility index (Phi) is 5.81. The molecule has 142 valence electrons. The van der Waals surface area contributed by atoms with Crippen LogP contribution in [0.2, 0.25) is 0 Å². The first-order chi connectivity index (χ1) is 11.4. The Balaban J connectivity index is 2.08. The Labute approximate surface area is 139 Å². The molecule has 1 aromatic rings. The number of aliphatic hydroxyl groups excluding tert-OH is 2. The number of anilines is 1. The molecule has 1 aliphatic heterocycles. The number of hydrogen-bond acceptors (Lipinski definition) is 10. The number of nitrogens with two attached hydrogens (primary N) is 1. The Bertz CT molecular complexity index is 778. The van der Waals surface area contributed by atoms with Gasteiger partial charge in [-0.05, 0) is 6.07 Å². The Morgan fingerprint density at radius 3 is 2.48 bits per heavy atom. The highest BCUT2D eigenvalue weighted by molar-refractivity contribution is 7.60. The summed E-state index contributed by atoms with van der Waals surface area (Å²) < 4.78 is 35.8. The number of phosphoric ester groups is 1. The van der Waals surface area contributed by atoms with Crippen molar-refractivity contribution in [1.29, 1.82) is 0 Å². The minimum Gasteiger partial charge on any atom is -0.387 e. The third-order valence-electron chi connectivity index (χ3n) is 3.07. The molecule has 25 heavy (non-hydrogen) atoms. The molecule has 0 saturated carbocycles. The van der Waals surface area contributed by atoms with Crippen LogP contribution in [0.5, 0.6) is 0 Å². The maximum Gasteiger partial charge on any atom is 0.481 e. The van der Waals surface area contributed by atoms with Crippen molar-refractivity contribution in [2.45, 2.75) is 24.5 Å². The Morgan fingerprint density at radius 1 is 1.28 bits per heavy atom. The summed E-state index contributed by atoms with van der Waals surface area (Å²) in [6.07, 6.45) is -4.93. The van der Waals surface area contributed by atoms with Gasteiger partial charge >= 0.3 is 21.3 Å². The fourth-order valence-corrected chi connectivity index (χ4v) is 3.64. The summed E-state index contributed by atoms with van der Waals surface area (Å²) in [5, 5.41) is 19.8. The first-order valence-corrected chi connectivity index (χ1v) is 9.53. The smallest absolute Gasteiger partial charge is 0.387 e. The molecule has 1 unspecified atom stereocenters. The average Bonchev–Trinajstić information content (AvgIpc) is 2.71. The molecule has 16 heteroatoms.